The zero-order valence-corrected chi connectivity index (χ0v) is 9.53. The Morgan fingerprint density at radius 2 is 2.08 bits per heavy atom. The summed E-state index contributed by atoms with van der Waals surface area (Å²) in [6.07, 6.45) is 8.42. The summed E-state index contributed by atoms with van der Waals surface area (Å²) < 4.78 is 0. The highest BCUT2D eigenvalue weighted by atomic mass is 15.0. The molecule has 0 saturated carbocycles. The normalized spacial score (nSPS) is 33.9. The van der Waals surface area contributed by atoms with Crippen LogP contribution >= 0.6 is 0 Å². The lowest BCUT2D eigenvalue weighted by Crippen LogP contribution is -2.31. The predicted octanol–water partition coefficient (Wildman–Crippen LogP) is 3.34. The molecule has 0 radical (unpaired) electrons. The fourth-order valence-electron chi connectivity index (χ4n) is 2.33. The lowest BCUT2D eigenvalue weighted by Gasteiger charge is -2.28. The van der Waals surface area contributed by atoms with Gasteiger partial charge in [-0.2, -0.15) is 0 Å². The molecule has 1 fully saturated rings. The van der Waals surface area contributed by atoms with Crippen LogP contribution in [0, 0.1) is 5.41 Å². The van der Waals surface area contributed by atoms with Crippen LogP contribution in [0.4, 0.5) is 0 Å². The van der Waals surface area contributed by atoms with Crippen molar-refractivity contribution < 1.29 is 0 Å². The zero-order valence-electron chi connectivity index (χ0n) is 9.53. The first-order valence-electron chi connectivity index (χ1n) is 5.92. The van der Waals surface area contributed by atoms with E-state index in [0.717, 1.165) is 6.04 Å². The molecule has 1 aliphatic rings. The van der Waals surface area contributed by atoms with Gasteiger partial charge in [0.25, 0.3) is 0 Å². The molecule has 1 heterocycles. The SMILES string of the molecule is CCCCCCC1(C)CCNC1C. The first kappa shape index (κ1) is 11.0. The summed E-state index contributed by atoms with van der Waals surface area (Å²) in [5.74, 6) is 0. The Morgan fingerprint density at radius 1 is 1.31 bits per heavy atom. The molecule has 13 heavy (non-hydrogen) atoms. The van der Waals surface area contributed by atoms with Gasteiger partial charge in [0.15, 0.2) is 0 Å². The lowest BCUT2D eigenvalue weighted by molar-refractivity contribution is 0.260. The summed E-state index contributed by atoms with van der Waals surface area (Å²) >= 11 is 0. The van der Waals surface area contributed by atoms with E-state index in [1.807, 2.05) is 0 Å². The molecule has 0 spiro atoms. The Morgan fingerprint density at radius 3 is 2.62 bits per heavy atom. The van der Waals surface area contributed by atoms with Crippen LogP contribution < -0.4 is 5.32 Å². The smallest absolute Gasteiger partial charge is 0.00930 e. The highest BCUT2D eigenvalue weighted by Crippen LogP contribution is 2.35. The van der Waals surface area contributed by atoms with Crippen molar-refractivity contribution in [2.24, 2.45) is 5.41 Å². The maximum atomic E-state index is 3.55. The molecule has 0 aromatic carbocycles. The molecule has 1 heteroatoms. The van der Waals surface area contributed by atoms with E-state index in [2.05, 4.69) is 26.1 Å². The first-order chi connectivity index (χ1) is 6.19. The third kappa shape index (κ3) is 2.98. The Labute approximate surface area is 83.3 Å². The minimum atomic E-state index is 0.591. The number of hydrogen-bond acceptors (Lipinski definition) is 1. The standard InChI is InChI=1S/C12H25N/c1-4-5-6-7-8-12(3)9-10-13-11(12)2/h11,13H,4-10H2,1-3H3. The van der Waals surface area contributed by atoms with E-state index in [1.165, 1.54) is 45.1 Å². The fourth-order valence-corrected chi connectivity index (χ4v) is 2.33. The van der Waals surface area contributed by atoms with E-state index in [9.17, 15) is 0 Å². The molecule has 1 N–H and O–H groups in total. The quantitative estimate of drug-likeness (QED) is 0.645. The number of rotatable bonds is 5. The molecule has 1 saturated heterocycles. The van der Waals surface area contributed by atoms with Crippen molar-refractivity contribution in [2.45, 2.75) is 65.3 Å². The second-order valence-corrected chi connectivity index (χ2v) is 4.89. The van der Waals surface area contributed by atoms with E-state index in [1.54, 1.807) is 0 Å². The second kappa shape index (κ2) is 4.99. The first-order valence-corrected chi connectivity index (χ1v) is 5.92. The number of unbranched alkanes of at least 4 members (excludes halogenated alkanes) is 3. The summed E-state index contributed by atoms with van der Waals surface area (Å²) in [7, 11) is 0. The maximum absolute atomic E-state index is 3.55. The van der Waals surface area contributed by atoms with Gasteiger partial charge in [-0.1, -0.05) is 39.5 Å². The van der Waals surface area contributed by atoms with Crippen molar-refractivity contribution in [3.63, 3.8) is 0 Å². The summed E-state index contributed by atoms with van der Waals surface area (Å²) in [4.78, 5) is 0. The molecule has 0 bridgehead atoms. The van der Waals surface area contributed by atoms with Crippen molar-refractivity contribution >= 4 is 0 Å². The third-order valence-electron chi connectivity index (χ3n) is 3.79. The fraction of sp³-hybridized carbons (Fsp3) is 1.00. The van der Waals surface area contributed by atoms with Gasteiger partial charge in [-0.05, 0) is 31.7 Å². The van der Waals surface area contributed by atoms with Gasteiger partial charge in [0.1, 0.15) is 0 Å². The van der Waals surface area contributed by atoms with E-state index in [0.29, 0.717) is 5.41 Å². The maximum Gasteiger partial charge on any atom is 0.00930 e. The van der Waals surface area contributed by atoms with Crippen molar-refractivity contribution in [1.29, 1.82) is 0 Å². The molecule has 2 atom stereocenters. The van der Waals surface area contributed by atoms with Crippen LogP contribution in [0.25, 0.3) is 0 Å². The summed E-state index contributed by atoms with van der Waals surface area (Å²) in [5.41, 5.74) is 0.591. The van der Waals surface area contributed by atoms with Gasteiger partial charge in [0, 0.05) is 6.04 Å². The lowest BCUT2D eigenvalue weighted by atomic mass is 9.79. The Balaban J connectivity index is 2.18. The number of nitrogens with one attached hydrogen (secondary N) is 1. The van der Waals surface area contributed by atoms with Crippen molar-refractivity contribution in [3.05, 3.63) is 0 Å². The van der Waals surface area contributed by atoms with E-state index >= 15 is 0 Å². The van der Waals surface area contributed by atoms with Crippen molar-refractivity contribution in [3.8, 4) is 0 Å². The highest BCUT2D eigenvalue weighted by Gasteiger charge is 2.34. The minimum absolute atomic E-state index is 0.591. The zero-order chi connectivity index (χ0) is 9.73. The largest absolute Gasteiger partial charge is 0.314 e. The van der Waals surface area contributed by atoms with Crippen molar-refractivity contribution in [2.75, 3.05) is 6.54 Å². The van der Waals surface area contributed by atoms with Crippen LogP contribution in [0.1, 0.15) is 59.3 Å². The van der Waals surface area contributed by atoms with Crippen LogP contribution in [-0.4, -0.2) is 12.6 Å². The molecule has 0 aromatic rings. The Hall–Kier alpha value is -0.0400. The average Bonchev–Trinajstić information content (AvgIpc) is 2.42. The predicted molar refractivity (Wildman–Crippen MR) is 58.9 cm³/mol. The number of hydrogen-bond donors (Lipinski definition) is 1. The van der Waals surface area contributed by atoms with Crippen LogP contribution in [0.3, 0.4) is 0 Å². The van der Waals surface area contributed by atoms with Gasteiger partial charge in [0.05, 0.1) is 0 Å². The van der Waals surface area contributed by atoms with E-state index in [4.69, 9.17) is 0 Å². The molecule has 1 rings (SSSR count). The van der Waals surface area contributed by atoms with Gasteiger partial charge >= 0.3 is 0 Å². The summed E-state index contributed by atoms with van der Waals surface area (Å²) in [5, 5.41) is 3.55. The van der Waals surface area contributed by atoms with Crippen LogP contribution in [0.2, 0.25) is 0 Å². The molecule has 78 valence electrons. The molecule has 1 aliphatic heterocycles. The van der Waals surface area contributed by atoms with Gasteiger partial charge in [-0.15, -0.1) is 0 Å². The topological polar surface area (TPSA) is 12.0 Å². The molecular weight excluding hydrogens is 158 g/mol. The van der Waals surface area contributed by atoms with Gasteiger partial charge in [-0.3, -0.25) is 0 Å². The molecule has 2 unspecified atom stereocenters. The van der Waals surface area contributed by atoms with Crippen LogP contribution in [0.5, 0.6) is 0 Å². The van der Waals surface area contributed by atoms with Gasteiger partial charge < -0.3 is 5.32 Å². The monoisotopic (exact) mass is 183 g/mol. The second-order valence-electron chi connectivity index (χ2n) is 4.89. The van der Waals surface area contributed by atoms with Gasteiger partial charge in [-0.25, -0.2) is 0 Å². The minimum Gasteiger partial charge on any atom is -0.314 e. The summed E-state index contributed by atoms with van der Waals surface area (Å²) in [6.45, 7) is 8.29. The van der Waals surface area contributed by atoms with Crippen molar-refractivity contribution in [1.82, 2.24) is 5.32 Å². The molecule has 1 nitrogen and oxygen atoms in total. The molecule has 0 aliphatic carbocycles. The average molecular weight is 183 g/mol. The molecule has 0 aromatic heterocycles. The Kier molecular flexibility index (Phi) is 4.24. The van der Waals surface area contributed by atoms with Crippen LogP contribution in [-0.2, 0) is 0 Å². The molecular formula is C12H25N. The highest BCUT2D eigenvalue weighted by molar-refractivity contribution is 4.90. The van der Waals surface area contributed by atoms with E-state index in [-0.39, 0.29) is 0 Å². The summed E-state index contributed by atoms with van der Waals surface area (Å²) in [6, 6.07) is 0.731. The van der Waals surface area contributed by atoms with E-state index < -0.39 is 0 Å². The van der Waals surface area contributed by atoms with Gasteiger partial charge in [0.2, 0.25) is 0 Å². The molecule has 0 amide bonds. The third-order valence-corrected chi connectivity index (χ3v) is 3.79. The Bertz CT molecular complexity index is 144. The van der Waals surface area contributed by atoms with Crippen LogP contribution in [0.15, 0.2) is 0 Å².